The Morgan fingerprint density at radius 1 is 1.03 bits per heavy atom. The lowest BCUT2D eigenvalue weighted by molar-refractivity contribution is 0.0981. The fraction of sp³-hybridized carbons (Fsp3) is 0.233. The lowest BCUT2D eigenvalue weighted by Gasteiger charge is -2.09. The molecule has 1 aromatic heterocycles. The number of aryl methyl sites for hydroxylation is 2. The second-order valence-corrected chi connectivity index (χ2v) is 11.4. The zero-order valence-corrected chi connectivity index (χ0v) is 22.8. The minimum absolute atomic E-state index is 0.0454. The molecule has 0 atom stereocenters. The number of rotatable bonds is 9. The molecule has 0 aliphatic carbocycles. The molecule has 0 radical (unpaired) electrons. The van der Waals surface area contributed by atoms with Crippen LogP contribution < -0.4 is 4.72 Å². The van der Waals surface area contributed by atoms with E-state index in [1.54, 1.807) is 30.3 Å². The maximum atomic E-state index is 12.9. The van der Waals surface area contributed by atoms with Gasteiger partial charge in [0.25, 0.3) is 15.9 Å². The molecule has 0 saturated carbocycles. The lowest BCUT2D eigenvalue weighted by Crippen LogP contribution is -2.30. The third-order valence-electron chi connectivity index (χ3n) is 6.42. The predicted octanol–water partition coefficient (Wildman–Crippen LogP) is 7.35. The van der Waals surface area contributed by atoms with Crippen LogP contribution in [0.5, 0.6) is 0 Å². The van der Waals surface area contributed by atoms with Crippen molar-refractivity contribution in [1.82, 2.24) is 9.71 Å². The zero-order valence-electron chi connectivity index (χ0n) is 21.3. The van der Waals surface area contributed by atoms with E-state index in [1.807, 2.05) is 26.0 Å². The Morgan fingerprint density at radius 3 is 2.49 bits per heavy atom. The van der Waals surface area contributed by atoms with Crippen LogP contribution in [-0.4, -0.2) is 19.3 Å². The Balaban J connectivity index is 1.58. The van der Waals surface area contributed by atoms with Crippen molar-refractivity contribution in [3.63, 3.8) is 0 Å². The number of halogens is 1. The SMILES string of the molecule is CCCC/C=C/c1ccc(Cc2c(C)[nH]c3ccc(C(=O)NS(=O)(=O)c4ccc(C)cc4)cc23)c(Cl)c1. The van der Waals surface area contributed by atoms with E-state index < -0.39 is 15.9 Å². The predicted molar refractivity (Wildman–Crippen MR) is 152 cm³/mol. The van der Waals surface area contributed by atoms with E-state index in [9.17, 15) is 13.2 Å². The van der Waals surface area contributed by atoms with Crippen LogP contribution in [0.15, 0.2) is 71.6 Å². The molecule has 37 heavy (non-hydrogen) atoms. The molecule has 1 heterocycles. The zero-order chi connectivity index (χ0) is 26.6. The van der Waals surface area contributed by atoms with E-state index in [0.717, 1.165) is 45.3 Å². The van der Waals surface area contributed by atoms with Crippen molar-refractivity contribution in [1.29, 1.82) is 0 Å². The monoisotopic (exact) mass is 534 g/mol. The highest BCUT2D eigenvalue weighted by Gasteiger charge is 2.20. The maximum absolute atomic E-state index is 12.9. The summed E-state index contributed by atoms with van der Waals surface area (Å²) in [4.78, 5) is 16.3. The van der Waals surface area contributed by atoms with Crippen LogP contribution in [0, 0.1) is 13.8 Å². The Kier molecular flexibility index (Phi) is 8.20. The Morgan fingerprint density at radius 2 is 1.78 bits per heavy atom. The van der Waals surface area contributed by atoms with Gasteiger partial charge < -0.3 is 4.98 Å². The number of aromatic amines is 1. The van der Waals surface area contributed by atoms with Gasteiger partial charge in [0.1, 0.15) is 0 Å². The molecule has 4 rings (SSSR count). The number of aromatic nitrogens is 1. The van der Waals surface area contributed by atoms with Gasteiger partial charge in [0.15, 0.2) is 0 Å². The second-order valence-electron chi connectivity index (χ2n) is 9.31. The van der Waals surface area contributed by atoms with Crippen LogP contribution in [-0.2, 0) is 16.4 Å². The first-order valence-corrected chi connectivity index (χ1v) is 14.2. The largest absolute Gasteiger partial charge is 0.358 e. The van der Waals surface area contributed by atoms with Gasteiger partial charge in [-0.25, -0.2) is 13.1 Å². The van der Waals surface area contributed by atoms with E-state index in [2.05, 4.69) is 34.8 Å². The molecule has 7 heteroatoms. The minimum atomic E-state index is -3.98. The van der Waals surface area contributed by atoms with Crippen molar-refractivity contribution in [2.45, 2.75) is 51.3 Å². The molecule has 1 amide bonds. The summed E-state index contributed by atoms with van der Waals surface area (Å²) >= 11 is 6.64. The van der Waals surface area contributed by atoms with E-state index in [-0.39, 0.29) is 10.5 Å². The van der Waals surface area contributed by atoms with E-state index in [4.69, 9.17) is 11.6 Å². The molecule has 0 aliphatic heterocycles. The first-order chi connectivity index (χ1) is 17.7. The summed E-state index contributed by atoms with van der Waals surface area (Å²) < 4.78 is 27.6. The molecule has 3 aromatic carbocycles. The maximum Gasteiger partial charge on any atom is 0.265 e. The molecule has 0 aliphatic rings. The molecule has 0 unspecified atom stereocenters. The molecule has 2 N–H and O–H groups in total. The van der Waals surface area contributed by atoms with Gasteiger partial charge in [0.2, 0.25) is 0 Å². The van der Waals surface area contributed by atoms with Gasteiger partial charge in [0, 0.05) is 33.6 Å². The molecular weight excluding hydrogens is 504 g/mol. The van der Waals surface area contributed by atoms with E-state index >= 15 is 0 Å². The number of hydrogen-bond donors (Lipinski definition) is 2. The molecule has 5 nitrogen and oxygen atoms in total. The number of fused-ring (bicyclic) bond motifs is 1. The number of benzene rings is 3. The highest BCUT2D eigenvalue weighted by molar-refractivity contribution is 7.90. The number of carbonyl (C=O) groups excluding carboxylic acids is 1. The van der Waals surface area contributed by atoms with Gasteiger partial charge in [-0.05, 0) is 73.4 Å². The molecule has 0 fully saturated rings. The van der Waals surface area contributed by atoms with Gasteiger partial charge >= 0.3 is 0 Å². The molecule has 0 bridgehead atoms. The van der Waals surface area contributed by atoms with Gasteiger partial charge in [-0.1, -0.05) is 73.3 Å². The molecule has 4 aromatic rings. The van der Waals surface area contributed by atoms with Crippen molar-refractivity contribution in [3.8, 4) is 0 Å². The lowest BCUT2D eigenvalue weighted by atomic mass is 9.99. The average molecular weight is 535 g/mol. The summed E-state index contributed by atoms with van der Waals surface area (Å²) in [5.74, 6) is -0.676. The number of allylic oxidation sites excluding steroid dienone is 1. The van der Waals surface area contributed by atoms with Crippen molar-refractivity contribution < 1.29 is 13.2 Å². The fourth-order valence-electron chi connectivity index (χ4n) is 4.25. The van der Waals surface area contributed by atoms with E-state index in [0.29, 0.717) is 11.4 Å². The normalized spacial score (nSPS) is 11.9. The van der Waals surface area contributed by atoms with Crippen molar-refractivity contribution in [2.75, 3.05) is 0 Å². The quantitative estimate of drug-likeness (QED) is 0.220. The summed E-state index contributed by atoms with van der Waals surface area (Å²) in [6, 6.07) is 17.6. The van der Waals surface area contributed by atoms with Crippen molar-refractivity contribution >= 4 is 44.5 Å². The number of H-pyrrole nitrogens is 1. The Bertz CT molecular complexity index is 1570. The third kappa shape index (κ3) is 6.32. The fourth-order valence-corrected chi connectivity index (χ4v) is 5.48. The highest BCUT2D eigenvalue weighted by atomic mass is 35.5. The minimum Gasteiger partial charge on any atom is -0.358 e. The smallest absolute Gasteiger partial charge is 0.265 e. The first-order valence-electron chi connectivity index (χ1n) is 12.4. The molecular formula is C30H31ClN2O3S. The average Bonchev–Trinajstić information content (AvgIpc) is 3.17. The molecule has 0 spiro atoms. The number of unbranched alkanes of at least 4 members (excludes halogenated alkanes) is 2. The number of hydrogen-bond acceptors (Lipinski definition) is 3. The van der Waals surface area contributed by atoms with Gasteiger partial charge in [0.05, 0.1) is 4.90 Å². The standard InChI is InChI=1S/C30H31ClN2O3S/c1-4-5-6-7-8-22-11-12-23(28(31)17-22)18-26-21(3)32-29-16-13-24(19-27(26)29)30(34)33-37(35,36)25-14-9-20(2)10-15-25/h7-17,19,32H,4-6,18H2,1-3H3,(H,33,34)/b8-7+. The van der Waals surface area contributed by atoms with Gasteiger partial charge in [-0.3, -0.25) is 4.79 Å². The topological polar surface area (TPSA) is 79.0 Å². The second kappa shape index (κ2) is 11.4. The van der Waals surface area contributed by atoms with Crippen molar-refractivity contribution in [2.24, 2.45) is 0 Å². The van der Waals surface area contributed by atoms with Crippen LogP contribution in [0.2, 0.25) is 5.02 Å². The summed E-state index contributed by atoms with van der Waals surface area (Å²) in [5.41, 5.74) is 6.10. The van der Waals surface area contributed by atoms with E-state index in [1.165, 1.54) is 25.0 Å². The van der Waals surface area contributed by atoms with Gasteiger partial charge in [-0.2, -0.15) is 0 Å². The third-order valence-corrected chi connectivity index (χ3v) is 8.12. The summed E-state index contributed by atoms with van der Waals surface area (Å²) in [6.45, 7) is 6.03. The van der Waals surface area contributed by atoms with Crippen LogP contribution in [0.3, 0.4) is 0 Å². The number of carbonyl (C=O) groups is 1. The Hall–Kier alpha value is -3.35. The van der Waals surface area contributed by atoms with Crippen LogP contribution in [0.25, 0.3) is 17.0 Å². The highest BCUT2D eigenvalue weighted by Crippen LogP contribution is 2.29. The summed E-state index contributed by atoms with van der Waals surface area (Å²) in [6.07, 6.45) is 8.23. The van der Waals surface area contributed by atoms with Crippen molar-refractivity contribution in [3.05, 3.63) is 105 Å². The number of nitrogens with one attached hydrogen (secondary N) is 2. The van der Waals surface area contributed by atoms with Gasteiger partial charge in [-0.15, -0.1) is 0 Å². The van der Waals surface area contributed by atoms with Crippen LogP contribution in [0.1, 0.15) is 64.5 Å². The summed E-state index contributed by atoms with van der Waals surface area (Å²) in [5, 5.41) is 1.54. The van der Waals surface area contributed by atoms with Crippen LogP contribution in [0.4, 0.5) is 0 Å². The molecule has 0 saturated heterocycles. The summed E-state index contributed by atoms with van der Waals surface area (Å²) in [7, 11) is -3.98. The first kappa shape index (κ1) is 26.7. The van der Waals surface area contributed by atoms with Crippen LogP contribution >= 0.6 is 11.6 Å². The Labute approximate surface area is 223 Å². The molecule has 192 valence electrons. The number of sulfonamides is 1. The number of amides is 1.